The molecule has 4 heteroatoms. The van der Waals surface area contributed by atoms with E-state index in [2.05, 4.69) is 110 Å². The van der Waals surface area contributed by atoms with Crippen LogP contribution in [0, 0.1) is 6.92 Å². The fraction of sp³-hybridized carbons (Fsp3) is 0.333. The Hall–Kier alpha value is -3.66. The average Bonchev–Trinajstić information content (AvgIpc) is 3.30. The lowest BCUT2D eigenvalue weighted by atomic mass is 9.81. The summed E-state index contributed by atoms with van der Waals surface area (Å²) >= 11 is 0. The Morgan fingerprint density at radius 3 is 2.51 bits per heavy atom. The van der Waals surface area contributed by atoms with Gasteiger partial charge in [0.2, 0.25) is 5.69 Å². The van der Waals surface area contributed by atoms with Crippen molar-refractivity contribution >= 4 is 45.3 Å². The number of carboxylic acid groups (broad SMARTS) is 1. The molecule has 0 radical (unpaired) electrons. The summed E-state index contributed by atoms with van der Waals surface area (Å²) in [6.07, 6.45) is 7.41. The molecule has 0 saturated heterocycles. The van der Waals surface area contributed by atoms with Gasteiger partial charge < -0.3 is 9.67 Å². The molecule has 2 heterocycles. The van der Waals surface area contributed by atoms with Gasteiger partial charge in [-0.25, -0.2) is 0 Å². The molecule has 1 aromatic heterocycles. The number of para-hydroxylation sites is 1. The molecule has 190 valence electrons. The molecule has 0 unspecified atom stereocenters. The van der Waals surface area contributed by atoms with E-state index in [0.717, 1.165) is 32.4 Å². The number of carboxylic acids is 1. The summed E-state index contributed by atoms with van der Waals surface area (Å²) in [6, 6.07) is 22.2. The van der Waals surface area contributed by atoms with Crippen LogP contribution in [0.2, 0.25) is 0 Å². The van der Waals surface area contributed by atoms with E-state index in [0.29, 0.717) is 0 Å². The van der Waals surface area contributed by atoms with Gasteiger partial charge in [0, 0.05) is 58.9 Å². The Morgan fingerprint density at radius 2 is 1.73 bits per heavy atom. The third kappa shape index (κ3) is 4.61. The molecule has 0 spiro atoms. The van der Waals surface area contributed by atoms with Gasteiger partial charge in [0.25, 0.3) is 0 Å². The van der Waals surface area contributed by atoms with Crippen LogP contribution < -0.4 is 0 Å². The van der Waals surface area contributed by atoms with Crippen molar-refractivity contribution < 1.29 is 14.5 Å². The summed E-state index contributed by atoms with van der Waals surface area (Å²) in [6.45, 7) is 10.8. The average molecular weight is 494 g/mol. The quantitative estimate of drug-likeness (QED) is 0.191. The number of allylic oxidation sites excluding steroid dienone is 1. The Morgan fingerprint density at radius 1 is 0.946 bits per heavy atom. The fourth-order valence-corrected chi connectivity index (χ4v) is 5.94. The Bertz CT molecular complexity index is 1550. The van der Waals surface area contributed by atoms with Crippen molar-refractivity contribution in [2.24, 2.45) is 0 Å². The van der Waals surface area contributed by atoms with Crippen LogP contribution in [0.3, 0.4) is 0 Å². The van der Waals surface area contributed by atoms with Crippen LogP contribution in [-0.2, 0) is 16.8 Å². The van der Waals surface area contributed by atoms with E-state index in [1.54, 1.807) is 0 Å². The molecule has 0 fully saturated rings. The Balaban J connectivity index is 1.51. The van der Waals surface area contributed by atoms with Crippen LogP contribution in [0.1, 0.15) is 63.1 Å². The maximum atomic E-state index is 10.9. The first kappa shape index (κ1) is 25.0. The van der Waals surface area contributed by atoms with Crippen LogP contribution in [0.25, 0.3) is 27.9 Å². The molecule has 4 nitrogen and oxygen atoms in total. The lowest BCUT2D eigenvalue weighted by Crippen LogP contribution is -2.28. The SMILES string of the molecule is CCn1c2ccccc2c2cc(/C=C/C3=[N+](CCCCCC(=O)O)c4ccc(C)cc4C3(C)C)ccc21. The third-order valence-electron chi connectivity index (χ3n) is 7.87. The second-order valence-corrected chi connectivity index (χ2v) is 10.8. The maximum absolute atomic E-state index is 10.9. The Kier molecular flexibility index (Phi) is 6.76. The van der Waals surface area contributed by atoms with E-state index < -0.39 is 5.97 Å². The van der Waals surface area contributed by atoms with E-state index in [1.165, 1.54) is 49.9 Å². The van der Waals surface area contributed by atoms with Crippen LogP contribution in [0.15, 0.2) is 66.7 Å². The molecule has 3 aromatic carbocycles. The first-order valence-electron chi connectivity index (χ1n) is 13.5. The van der Waals surface area contributed by atoms with Crippen molar-refractivity contribution in [2.45, 2.75) is 65.3 Å². The number of aromatic nitrogens is 1. The Labute approximate surface area is 219 Å². The van der Waals surface area contributed by atoms with Gasteiger partial charge in [-0.15, -0.1) is 0 Å². The zero-order valence-corrected chi connectivity index (χ0v) is 22.4. The van der Waals surface area contributed by atoms with Crippen LogP contribution in [0.4, 0.5) is 5.69 Å². The summed E-state index contributed by atoms with van der Waals surface area (Å²) in [5, 5.41) is 11.6. The van der Waals surface area contributed by atoms with Crippen molar-refractivity contribution in [1.29, 1.82) is 0 Å². The minimum absolute atomic E-state index is 0.110. The molecule has 0 atom stereocenters. The molecule has 0 aliphatic carbocycles. The molecular weight excluding hydrogens is 456 g/mol. The lowest BCUT2D eigenvalue weighted by molar-refractivity contribution is -0.438. The standard InChI is InChI=1S/C33H36N2O2/c1-5-34-28-12-9-8-11-25(28)26-22-24(15-18-29(26)34)16-19-31-33(3,4)27-21-23(2)14-17-30(27)35(31)20-10-6-7-13-32(36)37/h8-9,11-12,14-19,21-22H,5-7,10,13,20H2,1-4H3/p+1. The number of hydrogen-bond acceptors (Lipinski definition) is 1. The largest absolute Gasteiger partial charge is 0.481 e. The monoisotopic (exact) mass is 493 g/mol. The van der Waals surface area contributed by atoms with Crippen molar-refractivity contribution in [3.05, 3.63) is 83.4 Å². The van der Waals surface area contributed by atoms with E-state index in [9.17, 15) is 4.79 Å². The van der Waals surface area contributed by atoms with Crippen molar-refractivity contribution in [3.8, 4) is 0 Å². The number of rotatable bonds is 9. The van der Waals surface area contributed by atoms with Crippen LogP contribution in [-0.4, -0.2) is 32.5 Å². The molecule has 1 aliphatic rings. The van der Waals surface area contributed by atoms with Gasteiger partial charge in [-0.1, -0.05) is 35.9 Å². The van der Waals surface area contributed by atoms with Crippen molar-refractivity contribution in [3.63, 3.8) is 0 Å². The van der Waals surface area contributed by atoms with Crippen molar-refractivity contribution in [1.82, 2.24) is 4.57 Å². The van der Waals surface area contributed by atoms with Gasteiger partial charge in [0.15, 0.2) is 5.71 Å². The van der Waals surface area contributed by atoms with Gasteiger partial charge in [0.05, 0.1) is 5.41 Å². The topological polar surface area (TPSA) is 45.2 Å². The number of nitrogens with zero attached hydrogens (tertiary/aromatic N) is 2. The zero-order valence-electron chi connectivity index (χ0n) is 22.4. The molecule has 1 aliphatic heterocycles. The maximum Gasteiger partial charge on any atom is 0.303 e. The molecule has 0 bridgehead atoms. The predicted molar refractivity (Wildman–Crippen MR) is 154 cm³/mol. The van der Waals surface area contributed by atoms with E-state index in [-0.39, 0.29) is 11.8 Å². The highest BCUT2D eigenvalue weighted by molar-refractivity contribution is 6.09. The normalized spacial score (nSPS) is 14.8. The van der Waals surface area contributed by atoms with Gasteiger partial charge in [-0.3, -0.25) is 4.79 Å². The minimum Gasteiger partial charge on any atom is -0.481 e. The highest BCUT2D eigenvalue weighted by Crippen LogP contribution is 2.41. The molecule has 1 N–H and O–H groups in total. The summed E-state index contributed by atoms with van der Waals surface area (Å²) < 4.78 is 4.84. The summed E-state index contributed by atoms with van der Waals surface area (Å²) in [4.78, 5) is 10.9. The zero-order chi connectivity index (χ0) is 26.2. The van der Waals surface area contributed by atoms with Crippen molar-refractivity contribution in [2.75, 3.05) is 6.54 Å². The second kappa shape index (κ2) is 10.0. The lowest BCUT2D eigenvalue weighted by Gasteiger charge is -2.16. The number of carbonyl (C=O) groups is 1. The number of fused-ring (bicyclic) bond motifs is 4. The smallest absolute Gasteiger partial charge is 0.303 e. The first-order chi connectivity index (χ1) is 17.8. The predicted octanol–water partition coefficient (Wildman–Crippen LogP) is 7.86. The molecule has 5 rings (SSSR count). The fourth-order valence-electron chi connectivity index (χ4n) is 5.94. The minimum atomic E-state index is -0.711. The van der Waals surface area contributed by atoms with E-state index in [1.807, 2.05) is 0 Å². The number of hydrogen-bond donors (Lipinski definition) is 1. The first-order valence-corrected chi connectivity index (χ1v) is 13.5. The van der Waals surface area contributed by atoms with Gasteiger partial charge in [-0.05, 0) is 76.4 Å². The number of aliphatic carboxylic acids is 1. The summed E-state index contributed by atoms with van der Waals surface area (Å²) in [5.74, 6) is -0.711. The van der Waals surface area contributed by atoms with E-state index in [4.69, 9.17) is 5.11 Å². The molecular formula is C33H37N2O2+. The highest BCUT2D eigenvalue weighted by atomic mass is 16.4. The number of benzene rings is 3. The van der Waals surface area contributed by atoms with E-state index >= 15 is 0 Å². The summed E-state index contributed by atoms with van der Waals surface area (Å²) in [5.41, 5.74) is 8.85. The molecule has 0 amide bonds. The number of unbranched alkanes of at least 4 members (excludes halogenated alkanes) is 2. The molecule has 0 saturated carbocycles. The van der Waals surface area contributed by atoms with Crippen LogP contribution >= 0.6 is 0 Å². The van der Waals surface area contributed by atoms with Gasteiger partial charge in [0.1, 0.15) is 6.54 Å². The number of aryl methyl sites for hydroxylation is 2. The van der Waals surface area contributed by atoms with Crippen LogP contribution in [0.5, 0.6) is 0 Å². The van der Waals surface area contributed by atoms with Gasteiger partial charge in [-0.2, -0.15) is 4.58 Å². The van der Waals surface area contributed by atoms with Gasteiger partial charge >= 0.3 is 5.97 Å². The molecule has 37 heavy (non-hydrogen) atoms. The molecule has 4 aromatic rings. The third-order valence-corrected chi connectivity index (χ3v) is 7.87. The highest BCUT2D eigenvalue weighted by Gasteiger charge is 2.44. The second-order valence-electron chi connectivity index (χ2n) is 10.8. The summed E-state index contributed by atoms with van der Waals surface area (Å²) in [7, 11) is 0.